The number of benzene rings is 1. The van der Waals surface area contributed by atoms with Gasteiger partial charge in [-0.05, 0) is 25.0 Å². The third-order valence-corrected chi connectivity index (χ3v) is 4.42. The number of hydrogen-bond donors (Lipinski definition) is 0. The van der Waals surface area contributed by atoms with Crippen molar-refractivity contribution < 1.29 is 0 Å². The van der Waals surface area contributed by atoms with Gasteiger partial charge in [-0.25, -0.2) is 0 Å². The van der Waals surface area contributed by atoms with Crippen molar-refractivity contribution in [1.29, 1.82) is 5.26 Å². The number of nitrogens with zero attached hydrogens (tertiary/aromatic N) is 2. The summed E-state index contributed by atoms with van der Waals surface area (Å²) < 4.78 is 0. The summed E-state index contributed by atoms with van der Waals surface area (Å²) in [5, 5.41) is 9.50. The van der Waals surface area contributed by atoms with Crippen LogP contribution in [0.25, 0.3) is 0 Å². The number of nitriles is 1. The molecule has 82 valence electrons. The predicted molar refractivity (Wildman–Crippen MR) is 64.0 cm³/mol. The minimum Gasteiger partial charge on any atom is -0.356 e. The molecule has 0 radical (unpaired) electrons. The van der Waals surface area contributed by atoms with E-state index >= 15 is 0 Å². The Morgan fingerprint density at radius 1 is 1.25 bits per heavy atom. The maximum Gasteiger partial charge on any atom is 0.134 e. The van der Waals surface area contributed by atoms with E-state index in [4.69, 9.17) is 0 Å². The fourth-order valence-corrected chi connectivity index (χ4v) is 3.53. The van der Waals surface area contributed by atoms with Gasteiger partial charge in [-0.1, -0.05) is 24.6 Å². The standard InChI is InChI=1S/C14H16N2/c1-16(11-6-3-2-4-7-11)14(10-15)12-8-5-9-13(12)14/h2-4,6-7,12-13H,5,8-9H2,1H3. The van der Waals surface area contributed by atoms with Crippen LogP contribution in [0.1, 0.15) is 19.3 Å². The van der Waals surface area contributed by atoms with Crippen molar-refractivity contribution in [2.24, 2.45) is 11.8 Å². The van der Waals surface area contributed by atoms with Crippen LogP contribution in [-0.2, 0) is 0 Å². The van der Waals surface area contributed by atoms with E-state index in [2.05, 4.69) is 30.1 Å². The van der Waals surface area contributed by atoms with E-state index in [1.165, 1.54) is 24.9 Å². The normalized spacial score (nSPS) is 35.2. The third-order valence-electron chi connectivity index (χ3n) is 4.42. The lowest BCUT2D eigenvalue weighted by Gasteiger charge is -2.28. The van der Waals surface area contributed by atoms with Crippen LogP contribution in [0.2, 0.25) is 0 Å². The highest BCUT2D eigenvalue weighted by molar-refractivity contribution is 5.55. The first-order chi connectivity index (χ1) is 7.80. The Bertz CT molecular complexity index is 422. The molecule has 2 unspecified atom stereocenters. The monoisotopic (exact) mass is 212 g/mol. The highest BCUT2D eigenvalue weighted by Gasteiger charge is 2.69. The maximum absolute atomic E-state index is 9.50. The zero-order valence-electron chi connectivity index (χ0n) is 9.56. The Balaban J connectivity index is 1.91. The van der Waals surface area contributed by atoms with Crippen molar-refractivity contribution in [3.8, 4) is 6.07 Å². The van der Waals surface area contributed by atoms with Crippen LogP contribution in [0.5, 0.6) is 0 Å². The molecule has 0 amide bonds. The molecule has 0 saturated heterocycles. The summed E-state index contributed by atoms with van der Waals surface area (Å²) in [5.41, 5.74) is 0.970. The number of fused-ring (bicyclic) bond motifs is 1. The second kappa shape index (κ2) is 3.25. The van der Waals surface area contributed by atoms with Gasteiger partial charge in [0.05, 0.1) is 6.07 Å². The van der Waals surface area contributed by atoms with Crippen LogP contribution < -0.4 is 4.90 Å². The SMILES string of the molecule is CN(c1ccccc1)C1(C#N)C2CCCC21. The summed E-state index contributed by atoms with van der Waals surface area (Å²) in [7, 11) is 2.07. The number of anilines is 1. The molecule has 2 heteroatoms. The molecule has 2 atom stereocenters. The van der Waals surface area contributed by atoms with Gasteiger partial charge in [-0.15, -0.1) is 0 Å². The molecule has 0 aromatic heterocycles. The largest absolute Gasteiger partial charge is 0.356 e. The van der Waals surface area contributed by atoms with Gasteiger partial charge in [0.2, 0.25) is 0 Å². The average Bonchev–Trinajstić information content (AvgIpc) is 2.72. The topological polar surface area (TPSA) is 27.0 Å². The predicted octanol–water partition coefficient (Wildman–Crippen LogP) is 2.82. The van der Waals surface area contributed by atoms with Gasteiger partial charge in [0.25, 0.3) is 0 Å². The van der Waals surface area contributed by atoms with Crippen LogP contribution in [-0.4, -0.2) is 12.6 Å². The second-order valence-corrected chi connectivity index (χ2v) is 4.98. The zero-order valence-corrected chi connectivity index (χ0v) is 9.56. The van der Waals surface area contributed by atoms with Gasteiger partial charge in [0, 0.05) is 24.6 Å². The first-order valence-electron chi connectivity index (χ1n) is 6.01. The number of hydrogen-bond acceptors (Lipinski definition) is 2. The van der Waals surface area contributed by atoms with Gasteiger partial charge in [-0.2, -0.15) is 5.26 Å². The Hall–Kier alpha value is -1.49. The summed E-state index contributed by atoms with van der Waals surface area (Å²) in [6, 6.07) is 12.9. The van der Waals surface area contributed by atoms with Gasteiger partial charge in [-0.3, -0.25) is 0 Å². The lowest BCUT2D eigenvalue weighted by molar-refractivity contribution is 0.571. The minimum absolute atomic E-state index is 0.195. The van der Waals surface area contributed by atoms with E-state index in [0.29, 0.717) is 11.8 Å². The summed E-state index contributed by atoms with van der Waals surface area (Å²) in [5.74, 6) is 1.23. The van der Waals surface area contributed by atoms with E-state index in [1.54, 1.807) is 0 Å². The van der Waals surface area contributed by atoms with Crippen LogP contribution >= 0.6 is 0 Å². The van der Waals surface area contributed by atoms with E-state index < -0.39 is 0 Å². The summed E-state index contributed by atoms with van der Waals surface area (Å²) in [6.45, 7) is 0. The van der Waals surface area contributed by atoms with Crippen molar-refractivity contribution in [3.63, 3.8) is 0 Å². The molecule has 2 aliphatic carbocycles. The quantitative estimate of drug-likeness (QED) is 0.753. The molecule has 2 aliphatic rings. The fourth-order valence-electron chi connectivity index (χ4n) is 3.53. The molecular formula is C14H16N2. The first-order valence-corrected chi connectivity index (χ1v) is 6.01. The second-order valence-electron chi connectivity index (χ2n) is 4.98. The molecule has 1 aromatic rings. The van der Waals surface area contributed by atoms with E-state index in [9.17, 15) is 5.26 Å². The Kier molecular flexibility index (Phi) is 1.97. The summed E-state index contributed by atoms with van der Waals surface area (Å²) in [4.78, 5) is 2.20. The van der Waals surface area contributed by atoms with Crippen molar-refractivity contribution in [2.75, 3.05) is 11.9 Å². The van der Waals surface area contributed by atoms with Crippen LogP contribution in [0.15, 0.2) is 30.3 Å². The number of para-hydroxylation sites is 1. The first kappa shape index (κ1) is 9.72. The lowest BCUT2D eigenvalue weighted by Crippen LogP contribution is -2.36. The van der Waals surface area contributed by atoms with E-state index in [-0.39, 0.29) is 5.54 Å². The van der Waals surface area contributed by atoms with Crippen LogP contribution in [0.4, 0.5) is 5.69 Å². The Morgan fingerprint density at radius 2 is 1.88 bits per heavy atom. The average molecular weight is 212 g/mol. The fraction of sp³-hybridized carbons (Fsp3) is 0.500. The third kappa shape index (κ3) is 1.06. The Labute approximate surface area is 96.5 Å². The molecule has 2 saturated carbocycles. The van der Waals surface area contributed by atoms with Crippen molar-refractivity contribution in [2.45, 2.75) is 24.8 Å². The smallest absolute Gasteiger partial charge is 0.134 e. The highest BCUT2D eigenvalue weighted by Crippen LogP contribution is 2.63. The molecule has 3 rings (SSSR count). The van der Waals surface area contributed by atoms with Crippen LogP contribution in [0.3, 0.4) is 0 Å². The van der Waals surface area contributed by atoms with Crippen molar-refractivity contribution >= 4 is 5.69 Å². The molecular weight excluding hydrogens is 196 g/mol. The molecule has 0 heterocycles. The molecule has 16 heavy (non-hydrogen) atoms. The van der Waals surface area contributed by atoms with E-state index in [1.807, 2.05) is 18.2 Å². The summed E-state index contributed by atoms with van der Waals surface area (Å²) >= 11 is 0. The molecule has 0 aliphatic heterocycles. The van der Waals surface area contributed by atoms with Gasteiger partial charge >= 0.3 is 0 Å². The molecule has 0 spiro atoms. The van der Waals surface area contributed by atoms with Gasteiger partial charge in [0.15, 0.2) is 0 Å². The number of rotatable bonds is 2. The zero-order chi connectivity index (χ0) is 11.2. The molecule has 2 fully saturated rings. The Morgan fingerprint density at radius 3 is 2.44 bits per heavy atom. The van der Waals surface area contributed by atoms with Gasteiger partial charge in [0.1, 0.15) is 5.54 Å². The highest BCUT2D eigenvalue weighted by atomic mass is 15.2. The summed E-state index contributed by atoms with van der Waals surface area (Å²) in [6.07, 6.45) is 3.77. The van der Waals surface area contributed by atoms with E-state index in [0.717, 1.165) is 0 Å². The maximum atomic E-state index is 9.50. The van der Waals surface area contributed by atoms with Crippen LogP contribution in [0, 0.1) is 23.2 Å². The van der Waals surface area contributed by atoms with Gasteiger partial charge < -0.3 is 4.90 Å². The minimum atomic E-state index is -0.195. The molecule has 2 nitrogen and oxygen atoms in total. The molecule has 0 N–H and O–H groups in total. The lowest BCUT2D eigenvalue weighted by atomic mass is 10.0. The molecule has 1 aromatic carbocycles. The molecule has 0 bridgehead atoms. The van der Waals surface area contributed by atoms with Crippen molar-refractivity contribution in [3.05, 3.63) is 30.3 Å². The van der Waals surface area contributed by atoms with Crippen molar-refractivity contribution in [1.82, 2.24) is 0 Å².